The van der Waals surface area contributed by atoms with Gasteiger partial charge in [0.25, 0.3) is 0 Å². The van der Waals surface area contributed by atoms with Crippen LogP contribution in [0.15, 0.2) is 35.5 Å². The summed E-state index contributed by atoms with van der Waals surface area (Å²) in [5, 5.41) is 4.45. The minimum Gasteiger partial charge on any atom is -0.387 e. The Bertz CT molecular complexity index is 550. The van der Waals surface area contributed by atoms with Gasteiger partial charge in [0, 0.05) is 19.5 Å². The minimum absolute atomic E-state index is 0.0574. The van der Waals surface area contributed by atoms with Crippen molar-refractivity contribution in [1.82, 2.24) is 4.90 Å². The van der Waals surface area contributed by atoms with Gasteiger partial charge in [0.2, 0.25) is 0 Å². The normalized spacial score (nSPS) is 29.5. The van der Waals surface area contributed by atoms with E-state index in [0.29, 0.717) is 0 Å². The fourth-order valence-corrected chi connectivity index (χ4v) is 4.61. The molecule has 1 aliphatic carbocycles. The molecule has 0 N–H and O–H groups in total. The number of nitrogens with zero attached hydrogens (tertiary/aromatic N) is 2. The Morgan fingerprint density at radius 2 is 1.91 bits per heavy atom. The van der Waals surface area contributed by atoms with Gasteiger partial charge in [0.15, 0.2) is 5.60 Å². The first-order valence-electron chi connectivity index (χ1n) is 9.36. The molecule has 4 rings (SSSR count). The number of likely N-dealkylation sites (tertiary alicyclic amines) is 1. The Balaban J connectivity index is 1.38. The van der Waals surface area contributed by atoms with Crippen molar-refractivity contribution in [2.75, 3.05) is 19.6 Å². The Morgan fingerprint density at radius 1 is 1.09 bits per heavy atom. The topological polar surface area (TPSA) is 24.8 Å². The maximum absolute atomic E-state index is 6.01. The van der Waals surface area contributed by atoms with Crippen LogP contribution in [0.4, 0.5) is 0 Å². The van der Waals surface area contributed by atoms with Crippen molar-refractivity contribution >= 4 is 5.71 Å². The number of rotatable bonds is 3. The van der Waals surface area contributed by atoms with Crippen molar-refractivity contribution in [1.29, 1.82) is 0 Å². The van der Waals surface area contributed by atoms with Crippen LogP contribution in [-0.4, -0.2) is 35.8 Å². The first kappa shape index (κ1) is 15.2. The van der Waals surface area contributed by atoms with Gasteiger partial charge < -0.3 is 4.84 Å². The summed E-state index contributed by atoms with van der Waals surface area (Å²) in [5.74, 6) is 0.912. The number of oxime groups is 1. The van der Waals surface area contributed by atoms with Gasteiger partial charge in [-0.05, 0) is 43.7 Å². The molecule has 124 valence electrons. The van der Waals surface area contributed by atoms with Gasteiger partial charge in [-0.2, -0.15) is 0 Å². The summed E-state index contributed by atoms with van der Waals surface area (Å²) >= 11 is 0. The molecule has 2 heterocycles. The molecule has 2 aliphatic heterocycles. The fourth-order valence-electron chi connectivity index (χ4n) is 4.61. The fraction of sp³-hybridized carbons (Fsp3) is 0.650. The van der Waals surface area contributed by atoms with E-state index in [1.807, 2.05) is 0 Å². The Kier molecular flexibility index (Phi) is 4.39. The average molecular weight is 312 g/mol. The lowest BCUT2D eigenvalue weighted by Crippen LogP contribution is -2.49. The minimum atomic E-state index is -0.0574. The van der Waals surface area contributed by atoms with Gasteiger partial charge in [-0.15, -0.1) is 0 Å². The molecule has 1 aromatic carbocycles. The quantitative estimate of drug-likeness (QED) is 0.834. The SMILES string of the molecule is c1ccc(C2=NOC3(CCCN(CC4CCCCC4)C3)C2)cc1. The van der Waals surface area contributed by atoms with E-state index >= 15 is 0 Å². The predicted molar refractivity (Wildman–Crippen MR) is 93.7 cm³/mol. The van der Waals surface area contributed by atoms with E-state index in [1.54, 1.807) is 0 Å². The van der Waals surface area contributed by atoms with Crippen molar-refractivity contribution in [2.24, 2.45) is 11.1 Å². The first-order chi connectivity index (χ1) is 11.3. The molecule has 1 saturated carbocycles. The maximum Gasteiger partial charge on any atom is 0.156 e. The molecule has 0 radical (unpaired) electrons. The zero-order valence-corrected chi connectivity index (χ0v) is 14.0. The summed E-state index contributed by atoms with van der Waals surface area (Å²) in [7, 11) is 0. The van der Waals surface area contributed by atoms with E-state index in [0.717, 1.165) is 31.0 Å². The van der Waals surface area contributed by atoms with Crippen LogP contribution in [0.3, 0.4) is 0 Å². The summed E-state index contributed by atoms with van der Waals surface area (Å²) in [6.07, 6.45) is 10.5. The highest BCUT2D eigenvalue weighted by atomic mass is 16.7. The van der Waals surface area contributed by atoms with Crippen molar-refractivity contribution in [3.05, 3.63) is 35.9 Å². The number of hydrogen-bond donors (Lipinski definition) is 0. The molecule has 1 atom stereocenters. The zero-order chi connectivity index (χ0) is 15.5. The van der Waals surface area contributed by atoms with Crippen molar-refractivity contribution in [2.45, 2.75) is 57.0 Å². The highest BCUT2D eigenvalue weighted by Crippen LogP contribution is 2.36. The van der Waals surface area contributed by atoms with Gasteiger partial charge in [-0.3, -0.25) is 4.90 Å². The first-order valence-corrected chi connectivity index (χ1v) is 9.36. The molecule has 3 aliphatic rings. The van der Waals surface area contributed by atoms with Crippen LogP contribution in [0.2, 0.25) is 0 Å². The third kappa shape index (κ3) is 3.45. The molecule has 1 unspecified atom stereocenters. The number of hydrogen-bond acceptors (Lipinski definition) is 3. The van der Waals surface area contributed by atoms with Crippen LogP contribution in [0.25, 0.3) is 0 Å². The summed E-state index contributed by atoms with van der Waals surface area (Å²) in [6, 6.07) is 10.5. The van der Waals surface area contributed by atoms with Crippen LogP contribution in [-0.2, 0) is 4.84 Å². The maximum atomic E-state index is 6.01. The molecular formula is C20H28N2O. The largest absolute Gasteiger partial charge is 0.387 e. The van der Waals surface area contributed by atoms with Gasteiger partial charge in [-0.25, -0.2) is 0 Å². The van der Waals surface area contributed by atoms with E-state index in [4.69, 9.17) is 4.84 Å². The van der Waals surface area contributed by atoms with Gasteiger partial charge in [0.05, 0.1) is 5.71 Å². The zero-order valence-electron chi connectivity index (χ0n) is 14.0. The summed E-state index contributed by atoms with van der Waals surface area (Å²) in [4.78, 5) is 8.67. The second-order valence-electron chi connectivity index (χ2n) is 7.70. The molecule has 1 aromatic rings. The third-order valence-electron chi connectivity index (χ3n) is 5.81. The number of piperidine rings is 1. The Hall–Kier alpha value is -1.35. The van der Waals surface area contributed by atoms with Crippen LogP contribution < -0.4 is 0 Å². The molecule has 1 spiro atoms. The van der Waals surface area contributed by atoms with E-state index in [9.17, 15) is 0 Å². The monoisotopic (exact) mass is 312 g/mol. The van der Waals surface area contributed by atoms with Crippen molar-refractivity contribution < 1.29 is 4.84 Å². The molecule has 1 saturated heterocycles. The Labute approximate surface area is 139 Å². The predicted octanol–water partition coefficient (Wildman–Crippen LogP) is 4.23. The van der Waals surface area contributed by atoms with Crippen LogP contribution in [0, 0.1) is 5.92 Å². The van der Waals surface area contributed by atoms with Crippen molar-refractivity contribution in [3.8, 4) is 0 Å². The van der Waals surface area contributed by atoms with Crippen molar-refractivity contribution in [3.63, 3.8) is 0 Å². The van der Waals surface area contributed by atoms with E-state index < -0.39 is 0 Å². The van der Waals surface area contributed by atoms with Crippen LogP contribution in [0.5, 0.6) is 0 Å². The highest BCUT2D eigenvalue weighted by molar-refractivity contribution is 6.01. The molecule has 3 heteroatoms. The molecule has 2 fully saturated rings. The average Bonchev–Trinajstić information content (AvgIpc) is 3.00. The molecule has 0 aromatic heterocycles. The van der Waals surface area contributed by atoms with Gasteiger partial charge in [-0.1, -0.05) is 54.8 Å². The second kappa shape index (κ2) is 6.64. The molecular weight excluding hydrogens is 284 g/mol. The summed E-state index contributed by atoms with van der Waals surface area (Å²) in [6.45, 7) is 3.57. The van der Waals surface area contributed by atoms with Gasteiger partial charge in [0.1, 0.15) is 0 Å². The van der Waals surface area contributed by atoms with Crippen LogP contribution >= 0.6 is 0 Å². The second-order valence-corrected chi connectivity index (χ2v) is 7.70. The van der Waals surface area contributed by atoms with Crippen LogP contribution in [0.1, 0.15) is 56.9 Å². The standard InChI is InChI=1S/C20H28N2O/c1-3-8-17(9-4-1)15-22-13-7-12-20(16-22)14-19(21-23-20)18-10-5-2-6-11-18/h2,5-6,10-11,17H,1,3-4,7-9,12-16H2. The third-order valence-corrected chi connectivity index (χ3v) is 5.81. The molecule has 0 amide bonds. The summed E-state index contributed by atoms with van der Waals surface area (Å²) < 4.78 is 0. The lowest BCUT2D eigenvalue weighted by atomic mass is 9.84. The van der Waals surface area contributed by atoms with E-state index in [2.05, 4.69) is 40.4 Å². The van der Waals surface area contributed by atoms with Gasteiger partial charge >= 0.3 is 0 Å². The molecule has 3 nitrogen and oxygen atoms in total. The Morgan fingerprint density at radius 3 is 2.74 bits per heavy atom. The smallest absolute Gasteiger partial charge is 0.156 e. The van der Waals surface area contributed by atoms with E-state index in [1.165, 1.54) is 57.2 Å². The lowest BCUT2D eigenvalue weighted by molar-refractivity contribution is -0.0718. The molecule has 23 heavy (non-hydrogen) atoms. The summed E-state index contributed by atoms with van der Waals surface area (Å²) in [5.41, 5.74) is 2.29. The number of benzene rings is 1. The lowest BCUT2D eigenvalue weighted by Gasteiger charge is -2.40. The molecule has 0 bridgehead atoms. The highest BCUT2D eigenvalue weighted by Gasteiger charge is 2.43. The van der Waals surface area contributed by atoms with E-state index in [-0.39, 0.29) is 5.60 Å².